The van der Waals surface area contributed by atoms with Gasteiger partial charge in [-0.25, -0.2) is 0 Å². The van der Waals surface area contributed by atoms with Crippen molar-refractivity contribution in [3.63, 3.8) is 0 Å². The van der Waals surface area contributed by atoms with Crippen LogP contribution in [-0.2, 0) is 6.54 Å². The van der Waals surface area contributed by atoms with Crippen LogP contribution in [0.5, 0.6) is 0 Å². The Hall–Kier alpha value is -2.29. The highest BCUT2D eigenvalue weighted by molar-refractivity contribution is 5.91. The van der Waals surface area contributed by atoms with E-state index in [2.05, 4.69) is 36.1 Å². The van der Waals surface area contributed by atoms with E-state index >= 15 is 0 Å². The first-order valence-corrected chi connectivity index (χ1v) is 6.66. The Kier molecular flexibility index (Phi) is 4.41. The number of nitrogens with zero attached hydrogens (tertiary/aromatic N) is 1. The van der Waals surface area contributed by atoms with Crippen LogP contribution in [0.4, 0.5) is 5.69 Å². The first-order valence-electron chi connectivity index (χ1n) is 6.66. The van der Waals surface area contributed by atoms with Crippen molar-refractivity contribution in [1.82, 2.24) is 0 Å². The molecule has 104 valence electrons. The van der Waals surface area contributed by atoms with Crippen LogP contribution in [0.3, 0.4) is 0 Å². The molecular weight excluding hydrogens is 250 g/mol. The summed E-state index contributed by atoms with van der Waals surface area (Å²) >= 11 is 0. The van der Waals surface area contributed by atoms with Gasteiger partial charge < -0.3 is 9.32 Å². The molecule has 0 saturated heterocycles. The number of ketones is 1. The van der Waals surface area contributed by atoms with E-state index in [1.165, 1.54) is 12.5 Å². The van der Waals surface area contributed by atoms with Gasteiger partial charge in [0, 0.05) is 18.8 Å². The highest BCUT2D eigenvalue weighted by Crippen LogP contribution is 2.20. The maximum Gasteiger partial charge on any atom is 0.194 e. The second kappa shape index (κ2) is 6.24. The van der Waals surface area contributed by atoms with Crippen molar-refractivity contribution < 1.29 is 9.21 Å². The highest BCUT2D eigenvalue weighted by Gasteiger charge is 2.10. The van der Waals surface area contributed by atoms with Crippen molar-refractivity contribution in [2.75, 3.05) is 4.90 Å². The number of hydrogen-bond acceptors (Lipinski definition) is 3. The van der Waals surface area contributed by atoms with Gasteiger partial charge in [-0.05, 0) is 38.1 Å². The summed E-state index contributed by atoms with van der Waals surface area (Å²) in [6.07, 6.45) is 3.98. The third kappa shape index (κ3) is 3.38. The molecule has 3 nitrogen and oxygen atoms in total. The van der Waals surface area contributed by atoms with Gasteiger partial charge in [0.05, 0.1) is 6.54 Å². The summed E-state index contributed by atoms with van der Waals surface area (Å²) in [4.78, 5) is 13.3. The SMILES string of the molecule is C/C=C/N(Cc1ccc(C(C)=O)o1)c1ccc(C)cc1. The highest BCUT2D eigenvalue weighted by atomic mass is 16.3. The van der Waals surface area contributed by atoms with Crippen molar-refractivity contribution >= 4 is 11.5 Å². The Balaban J connectivity index is 2.20. The molecule has 0 fully saturated rings. The first-order chi connectivity index (χ1) is 9.60. The van der Waals surface area contributed by atoms with Crippen LogP contribution in [0.2, 0.25) is 0 Å². The van der Waals surface area contributed by atoms with Gasteiger partial charge in [-0.2, -0.15) is 0 Å². The Labute approximate surface area is 119 Å². The molecule has 0 amide bonds. The van der Waals surface area contributed by atoms with Gasteiger partial charge in [0.25, 0.3) is 0 Å². The molecule has 0 aliphatic carbocycles. The molecular formula is C17H19NO2. The fourth-order valence-electron chi connectivity index (χ4n) is 1.97. The third-order valence-corrected chi connectivity index (χ3v) is 3.03. The van der Waals surface area contributed by atoms with E-state index in [4.69, 9.17) is 4.42 Å². The molecule has 0 N–H and O–H groups in total. The Morgan fingerprint density at radius 1 is 1.20 bits per heavy atom. The van der Waals surface area contributed by atoms with Gasteiger partial charge >= 0.3 is 0 Å². The average molecular weight is 269 g/mol. The minimum absolute atomic E-state index is 0.0517. The summed E-state index contributed by atoms with van der Waals surface area (Å²) in [5, 5.41) is 0. The zero-order valence-corrected chi connectivity index (χ0v) is 12.1. The molecule has 1 aromatic carbocycles. The number of anilines is 1. The zero-order chi connectivity index (χ0) is 14.5. The quantitative estimate of drug-likeness (QED) is 0.757. The number of rotatable bonds is 5. The summed E-state index contributed by atoms with van der Waals surface area (Å²) in [5.41, 5.74) is 2.32. The van der Waals surface area contributed by atoms with Gasteiger partial charge in [-0.1, -0.05) is 23.8 Å². The molecule has 20 heavy (non-hydrogen) atoms. The van der Waals surface area contributed by atoms with Crippen LogP contribution in [0.25, 0.3) is 0 Å². The summed E-state index contributed by atoms with van der Waals surface area (Å²) in [6, 6.07) is 11.9. The van der Waals surface area contributed by atoms with E-state index in [-0.39, 0.29) is 5.78 Å². The number of hydrogen-bond donors (Lipinski definition) is 0. The topological polar surface area (TPSA) is 33.5 Å². The lowest BCUT2D eigenvalue weighted by Gasteiger charge is -2.19. The van der Waals surface area contributed by atoms with Crippen LogP contribution in [0, 0.1) is 6.92 Å². The average Bonchev–Trinajstić information content (AvgIpc) is 2.88. The van der Waals surface area contributed by atoms with Crippen molar-refractivity contribution in [3.05, 3.63) is 65.8 Å². The molecule has 2 rings (SSSR count). The monoisotopic (exact) mass is 269 g/mol. The molecule has 0 unspecified atom stereocenters. The fourth-order valence-corrected chi connectivity index (χ4v) is 1.97. The third-order valence-electron chi connectivity index (χ3n) is 3.03. The Morgan fingerprint density at radius 3 is 2.45 bits per heavy atom. The Bertz CT molecular complexity index is 608. The van der Waals surface area contributed by atoms with Crippen LogP contribution >= 0.6 is 0 Å². The molecule has 2 aromatic rings. The summed E-state index contributed by atoms with van der Waals surface area (Å²) in [6.45, 7) is 6.15. The number of aryl methyl sites for hydroxylation is 1. The Morgan fingerprint density at radius 2 is 1.90 bits per heavy atom. The van der Waals surface area contributed by atoms with E-state index in [0.717, 1.165) is 11.4 Å². The van der Waals surface area contributed by atoms with Crippen LogP contribution < -0.4 is 4.90 Å². The fraction of sp³-hybridized carbons (Fsp3) is 0.235. The summed E-state index contributed by atoms with van der Waals surface area (Å²) in [7, 11) is 0. The second-order valence-electron chi connectivity index (χ2n) is 4.77. The standard InChI is InChI=1S/C17H19NO2/c1-4-11-18(15-7-5-13(2)6-8-15)12-16-9-10-17(20-16)14(3)19/h4-11H,12H2,1-3H3/b11-4+. The van der Waals surface area contributed by atoms with Gasteiger partial charge in [0.1, 0.15) is 5.76 Å². The van der Waals surface area contributed by atoms with E-state index < -0.39 is 0 Å². The largest absolute Gasteiger partial charge is 0.456 e. The lowest BCUT2D eigenvalue weighted by molar-refractivity contribution is 0.0985. The van der Waals surface area contributed by atoms with Crippen LogP contribution in [-0.4, -0.2) is 5.78 Å². The molecule has 0 aliphatic rings. The molecule has 1 heterocycles. The zero-order valence-electron chi connectivity index (χ0n) is 12.1. The smallest absolute Gasteiger partial charge is 0.194 e. The predicted octanol–water partition coefficient (Wildman–Crippen LogP) is 4.33. The van der Waals surface area contributed by atoms with Crippen LogP contribution in [0.1, 0.15) is 35.7 Å². The minimum Gasteiger partial charge on any atom is -0.456 e. The number of allylic oxidation sites excluding steroid dienone is 1. The van der Waals surface area contributed by atoms with Crippen molar-refractivity contribution in [2.24, 2.45) is 0 Å². The van der Waals surface area contributed by atoms with E-state index in [1.807, 2.05) is 25.3 Å². The maximum atomic E-state index is 11.3. The molecule has 1 aromatic heterocycles. The van der Waals surface area contributed by atoms with E-state index in [0.29, 0.717) is 12.3 Å². The number of benzene rings is 1. The number of Topliss-reactive ketones (excluding diaryl/α,β-unsaturated/α-hetero) is 1. The van der Waals surface area contributed by atoms with E-state index in [9.17, 15) is 4.79 Å². The number of carbonyl (C=O) groups excluding carboxylic acids is 1. The van der Waals surface area contributed by atoms with E-state index in [1.54, 1.807) is 6.07 Å². The number of furan rings is 1. The molecule has 3 heteroatoms. The van der Waals surface area contributed by atoms with Gasteiger partial charge in [0.2, 0.25) is 0 Å². The molecule has 0 saturated carbocycles. The normalized spacial score (nSPS) is 10.9. The first kappa shape index (κ1) is 14.1. The van der Waals surface area contributed by atoms with Gasteiger partial charge in [-0.3, -0.25) is 4.79 Å². The molecule has 0 atom stereocenters. The summed E-state index contributed by atoms with van der Waals surface area (Å²) < 4.78 is 5.54. The van der Waals surface area contributed by atoms with Crippen molar-refractivity contribution in [3.8, 4) is 0 Å². The summed E-state index contributed by atoms with van der Waals surface area (Å²) in [5.74, 6) is 1.13. The number of carbonyl (C=O) groups is 1. The molecule has 0 spiro atoms. The van der Waals surface area contributed by atoms with Gasteiger partial charge in [-0.15, -0.1) is 0 Å². The molecule has 0 bridgehead atoms. The second-order valence-corrected chi connectivity index (χ2v) is 4.77. The lowest BCUT2D eigenvalue weighted by atomic mass is 10.2. The van der Waals surface area contributed by atoms with Gasteiger partial charge in [0.15, 0.2) is 11.5 Å². The van der Waals surface area contributed by atoms with Crippen molar-refractivity contribution in [1.29, 1.82) is 0 Å². The molecule has 0 radical (unpaired) electrons. The molecule has 0 aliphatic heterocycles. The lowest BCUT2D eigenvalue weighted by Crippen LogP contribution is -2.14. The van der Waals surface area contributed by atoms with Crippen LogP contribution in [0.15, 0.2) is 53.1 Å². The maximum absolute atomic E-state index is 11.3. The van der Waals surface area contributed by atoms with Crippen molar-refractivity contribution in [2.45, 2.75) is 27.3 Å². The minimum atomic E-state index is -0.0517. The predicted molar refractivity (Wildman–Crippen MR) is 80.9 cm³/mol.